The topological polar surface area (TPSA) is 106 Å². The summed E-state index contributed by atoms with van der Waals surface area (Å²) in [4.78, 5) is 19.1. The number of fused-ring (bicyclic) bond motifs is 1. The summed E-state index contributed by atoms with van der Waals surface area (Å²) in [6, 6.07) is 20.4. The van der Waals surface area contributed by atoms with Crippen LogP contribution >= 0.6 is 11.6 Å². The van der Waals surface area contributed by atoms with Gasteiger partial charge in [-0.05, 0) is 77.4 Å². The van der Waals surface area contributed by atoms with Gasteiger partial charge in [-0.25, -0.2) is 4.68 Å². The summed E-state index contributed by atoms with van der Waals surface area (Å²) in [7, 11) is 0. The van der Waals surface area contributed by atoms with Crippen LogP contribution in [0.25, 0.3) is 10.9 Å². The number of hydrogen-bond donors (Lipinski definition) is 1. The average Bonchev–Trinajstić information content (AvgIpc) is 3.73. The van der Waals surface area contributed by atoms with Gasteiger partial charge >= 0.3 is 0 Å². The normalized spacial score (nSPS) is 12.4. The van der Waals surface area contributed by atoms with E-state index in [0.29, 0.717) is 41.8 Å². The van der Waals surface area contributed by atoms with Crippen LogP contribution in [0.2, 0.25) is 5.02 Å². The lowest BCUT2D eigenvalue weighted by Gasteiger charge is -2.30. The minimum absolute atomic E-state index is 0.220. The van der Waals surface area contributed by atoms with Gasteiger partial charge < -0.3 is 13.8 Å². The molecule has 40 heavy (non-hydrogen) atoms. The molecule has 202 valence electrons. The standard InChI is InChI=1S/C30H27ClN6O3/c1-19-11-12-20(2)27-24(19)15-25(30(38)32-27)28(29-33-34-35-37(29)18-23-9-6-14-40-23)36(17-22-8-5-13-39-22)16-21-7-3-4-10-26(21)31/h3-15,28H,16-18H2,1-2H3,(H,32,38)/t28-/m0/s1. The summed E-state index contributed by atoms with van der Waals surface area (Å²) in [6.07, 6.45) is 3.24. The largest absolute Gasteiger partial charge is 0.468 e. The van der Waals surface area contributed by atoms with Crippen LogP contribution in [0.15, 0.2) is 92.9 Å². The molecule has 0 aliphatic rings. The van der Waals surface area contributed by atoms with Crippen molar-refractivity contribution >= 4 is 22.5 Å². The third-order valence-corrected chi connectivity index (χ3v) is 7.46. The molecule has 0 saturated carbocycles. The number of hydrogen-bond acceptors (Lipinski definition) is 7. The predicted octanol–water partition coefficient (Wildman–Crippen LogP) is 5.81. The highest BCUT2D eigenvalue weighted by Crippen LogP contribution is 2.32. The predicted molar refractivity (Wildman–Crippen MR) is 151 cm³/mol. The molecule has 6 rings (SSSR count). The van der Waals surface area contributed by atoms with Crippen molar-refractivity contribution in [2.24, 2.45) is 0 Å². The number of aromatic amines is 1. The molecule has 4 heterocycles. The van der Waals surface area contributed by atoms with Crippen LogP contribution in [-0.4, -0.2) is 30.1 Å². The maximum atomic E-state index is 13.9. The SMILES string of the molecule is Cc1ccc(C)c2[nH]c(=O)c([C@@H](c3nnnn3Cc3ccco3)N(Cc3ccco3)Cc3ccccc3Cl)cc12. The Morgan fingerprint density at radius 3 is 2.45 bits per heavy atom. The van der Waals surface area contributed by atoms with Crippen molar-refractivity contribution < 1.29 is 8.83 Å². The van der Waals surface area contributed by atoms with Crippen LogP contribution in [-0.2, 0) is 19.6 Å². The van der Waals surface area contributed by atoms with Gasteiger partial charge in [-0.1, -0.05) is 41.9 Å². The minimum Gasteiger partial charge on any atom is -0.468 e. The molecule has 0 bridgehead atoms. The first-order valence-corrected chi connectivity index (χ1v) is 13.3. The zero-order valence-corrected chi connectivity index (χ0v) is 22.8. The van der Waals surface area contributed by atoms with Crippen LogP contribution in [0.3, 0.4) is 0 Å². The van der Waals surface area contributed by atoms with Crippen molar-refractivity contribution in [3.63, 3.8) is 0 Å². The van der Waals surface area contributed by atoms with Gasteiger partial charge in [0.2, 0.25) is 0 Å². The first kappa shape index (κ1) is 25.8. The van der Waals surface area contributed by atoms with Crippen LogP contribution in [0.4, 0.5) is 0 Å². The Labute approximate surface area is 235 Å². The second-order valence-corrected chi connectivity index (χ2v) is 10.2. The number of H-pyrrole nitrogens is 1. The van der Waals surface area contributed by atoms with Gasteiger partial charge in [0.15, 0.2) is 5.82 Å². The number of aromatic nitrogens is 5. The van der Waals surface area contributed by atoms with Crippen LogP contribution in [0.1, 0.15) is 45.6 Å². The fraction of sp³-hybridized carbons (Fsp3) is 0.200. The van der Waals surface area contributed by atoms with E-state index in [9.17, 15) is 4.79 Å². The molecule has 0 spiro atoms. The Balaban J connectivity index is 1.56. The molecule has 0 saturated heterocycles. The summed E-state index contributed by atoms with van der Waals surface area (Å²) in [6.45, 7) is 5.10. The number of furan rings is 2. The van der Waals surface area contributed by atoms with E-state index >= 15 is 0 Å². The maximum absolute atomic E-state index is 13.9. The number of pyridine rings is 1. The van der Waals surface area contributed by atoms with E-state index in [0.717, 1.165) is 33.4 Å². The van der Waals surface area contributed by atoms with Gasteiger partial charge in [0.25, 0.3) is 5.56 Å². The summed E-state index contributed by atoms with van der Waals surface area (Å²) in [5.74, 6) is 1.91. The third-order valence-electron chi connectivity index (χ3n) is 7.09. The van der Waals surface area contributed by atoms with Crippen molar-refractivity contribution in [3.8, 4) is 0 Å². The average molecular weight is 555 g/mol. The molecule has 9 nitrogen and oxygen atoms in total. The number of benzene rings is 2. The van der Waals surface area contributed by atoms with E-state index in [1.807, 2.05) is 74.5 Å². The fourth-order valence-electron chi connectivity index (χ4n) is 5.05. The van der Waals surface area contributed by atoms with E-state index in [-0.39, 0.29) is 5.56 Å². The minimum atomic E-state index is -0.653. The van der Waals surface area contributed by atoms with Crippen LogP contribution in [0.5, 0.6) is 0 Å². The lowest BCUT2D eigenvalue weighted by Crippen LogP contribution is -2.35. The fourth-order valence-corrected chi connectivity index (χ4v) is 5.25. The molecule has 0 aliphatic heterocycles. The molecular weight excluding hydrogens is 528 g/mol. The number of nitrogens with one attached hydrogen (secondary N) is 1. The Hall–Kier alpha value is -4.47. The van der Waals surface area contributed by atoms with Crippen molar-refractivity contribution in [2.45, 2.75) is 39.5 Å². The van der Waals surface area contributed by atoms with E-state index in [2.05, 4.69) is 31.5 Å². The first-order chi connectivity index (χ1) is 19.5. The van der Waals surface area contributed by atoms with Gasteiger partial charge in [0, 0.05) is 22.5 Å². The zero-order chi connectivity index (χ0) is 27.6. The second-order valence-electron chi connectivity index (χ2n) is 9.79. The number of tetrazole rings is 1. The summed E-state index contributed by atoms with van der Waals surface area (Å²) >= 11 is 6.62. The Morgan fingerprint density at radius 2 is 1.70 bits per heavy atom. The quantitative estimate of drug-likeness (QED) is 0.240. The Kier molecular flexibility index (Phi) is 7.06. The summed E-state index contributed by atoms with van der Waals surface area (Å²) in [5.41, 5.74) is 4.04. The smallest absolute Gasteiger partial charge is 0.253 e. The molecule has 2 aromatic carbocycles. The van der Waals surface area contributed by atoms with E-state index in [4.69, 9.17) is 20.4 Å². The van der Waals surface area contributed by atoms with Crippen molar-refractivity contribution in [1.29, 1.82) is 0 Å². The molecule has 1 N–H and O–H groups in total. The van der Waals surface area contributed by atoms with Gasteiger partial charge in [-0.2, -0.15) is 0 Å². The van der Waals surface area contributed by atoms with Crippen molar-refractivity contribution in [2.75, 3.05) is 0 Å². The van der Waals surface area contributed by atoms with Crippen LogP contribution in [0, 0.1) is 13.8 Å². The second kappa shape index (κ2) is 11.0. The molecule has 0 amide bonds. The molecule has 10 heteroatoms. The molecule has 4 aromatic heterocycles. The van der Waals surface area contributed by atoms with E-state index in [1.165, 1.54) is 0 Å². The summed E-state index contributed by atoms with van der Waals surface area (Å²) < 4.78 is 13.0. The third kappa shape index (κ3) is 5.09. The number of aryl methyl sites for hydroxylation is 2. The van der Waals surface area contributed by atoms with Crippen LogP contribution < -0.4 is 5.56 Å². The molecule has 0 radical (unpaired) electrons. The highest BCUT2D eigenvalue weighted by Gasteiger charge is 2.32. The Morgan fingerprint density at radius 1 is 0.950 bits per heavy atom. The van der Waals surface area contributed by atoms with Gasteiger partial charge in [-0.15, -0.1) is 5.10 Å². The molecule has 6 aromatic rings. The van der Waals surface area contributed by atoms with Gasteiger partial charge in [0.1, 0.15) is 24.1 Å². The van der Waals surface area contributed by atoms with E-state index < -0.39 is 6.04 Å². The lowest BCUT2D eigenvalue weighted by atomic mass is 9.99. The first-order valence-electron chi connectivity index (χ1n) is 12.9. The molecule has 0 unspecified atom stereocenters. The van der Waals surface area contributed by atoms with E-state index in [1.54, 1.807) is 17.2 Å². The monoisotopic (exact) mass is 554 g/mol. The Bertz CT molecular complexity index is 1810. The molecule has 0 fully saturated rings. The molecular formula is C30H27ClN6O3. The molecule has 1 atom stereocenters. The highest BCUT2D eigenvalue weighted by molar-refractivity contribution is 6.31. The van der Waals surface area contributed by atoms with Crippen molar-refractivity contribution in [3.05, 3.63) is 134 Å². The van der Waals surface area contributed by atoms with Gasteiger partial charge in [-0.3, -0.25) is 9.69 Å². The number of halogens is 1. The maximum Gasteiger partial charge on any atom is 0.253 e. The summed E-state index contributed by atoms with van der Waals surface area (Å²) in [5, 5.41) is 14.3. The number of rotatable bonds is 9. The van der Waals surface area contributed by atoms with Gasteiger partial charge in [0.05, 0.1) is 24.6 Å². The molecule has 0 aliphatic carbocycles. The number of nitrogens with zero attached hydrogens (tertiary/aromatic N) is 5. The zero-order valence-electron chi connectivity index (χ0n) is 22.0. The van der Waals surface area contributed by atoms with Crippen molar-refractivity contribution in [1.82, 2.24) is 30.1 Å². The highest BCUT2D eigenvalue weighted by atomic mass is 35.5. The lowest BCUT2D eigenvalue weighted by molar-refractivity contribution is 0.179.